The molecule has 0 spiro atoms. The molecule has 0 saturated carbocycles. The van der Waals surface area contributed by atoms with Crippen LogP contribution in [-0.2, 0) is 0 Å². The second kappa shape index (κ2) is 7.65. The number of amides is 1. The average Bonchev–Trinajstić information content (AvgIpc) is 2.60. The quantitative estimate of drug-likeness (QED) is 0.640. The highest BCUT2D eigenvalue weighted by Crippen LogP contribution is 2.30. The monoisotopic (exact) mass is 344 g/mol. The van der Waals surface area contributed by atoms with E-state index >= 15 is 0 Å². The summed E-state index contributed by atoms with van der Waals surface area (Å²) in [6, 6.07) is 9.36. The van der Waals surface area contributed by atoms with Crippen LogP contribution in [0.15, 0.2) is 36.4 Å². The third-order valence-corrected chi connectivity index (χ3v) is 4.00. The Morgan fingerprint density at radius 3 is 2.52 bits per heavy atom. The van der Waals surface area contributed by atoms with Gasteiger partial charge in [0, 0.05) is 22.8 Å². The molecule has 0 aliphatic heterocycles. The largest absolute Gasteiger partial charge is 0.497 e. The van der Waals surface area contributed by atoms with Crippen LogP contribution in [-0.4, -0.2) is 25.1 Å². The Bertz CT molecular complexity index is 804. The molecule has 1 amide bonds. The minimum atomic E-state index is -0.499. The van der Waals surface area contributed by atoms with Crippen molar-refractivity contribution in [2.45, 2.75) is 19.9 Å². The van der Waals surface area contributed by atoms with Crippen LogP contribution in [0.25, 0.3) is 0 Å². The summed E-state index contributed by atoms with van der Waals surface area (Å²) in [7, 11) is 3.10. The lowest BCUT2D eigenvalue weighted by Gasteiger charge is -2.18. The number of carbonyl (C=O) groups is 1. The molecule has 132 valence electrons. The van der Waals surface area contributed by atoms with Crippen molar-refractivity contribution in [2.75, 3.05) is 14.2 Å². The number of benzene rings is 2. The molecule has 1 atom stereocenters. The van der Waals surface area contributed by atoms with Crippen molar-refractivity contribution in [2.24, 2.45) is 0 Å². The third-order valence-electron chi connectivity index (χ3n) is 4.00. The smallest absolute Gasteiger partial charge is 0.273 e. The fourth-order valence-corrected chi connectivity index (χ4v) is 2.60. The lowest BCUT2D eigenvalue weighted by molar-refractivity contribution is -0.385. The first-order valence-electron chi connectivity index (χ1n) is 7.65. The second-order valence-electron chi connectivity index (χ2n) is 5.51. The lowest BCUT2D eigenvalue weighted by Crippen LogP contribution is -2.27. The van der Waals surface area contributed by atoms with E-state index in [1.54, 1.807) is 45.4 Å². The molecule has 1 N–H and O–H groups in total. The van der Waals surface area contributed by atoms with Gasteiger partial charge in [-0.3, -0.25) is 14.9 Å². The first-order valence-corrected chi connectivity index (χ1v) is 7.65. The molecule has 0 aliphatic carbocycles. The minimum Gasteiger partial charge on any atom is -0.497 e. The molecule has 0 fully saturated rings. The normalized spacial score (nSPS) is 11.5. The van der Waals surface area contributed by atoms with Crippen LogP contribution in [0.1, 0.15) is 34.5 Å². The van der Waals surface area contributed by atoms with Gasteiger partial charge in [-0.15, -0.1) is 0 Å². The van der Waals surface area contributed by atoms with Crippen molar-refractivity contribution in [3.8, 4) is 11.5 Å². The predicted molar refractivity (Wildman–Crippen MR) is 93.3 cm³/mol. The zero-order valence-electron chi connectivity index (χ0n) is 14.5. The van der Waals surface area contributed by atoms with Gasteiger partial charge in [-0.1, -0.05) is 6.07 Å². The van der Waals surface area contributed by atoms with Gasteiger partial charge in [0.1, 0.15) is 11.5 Å². The Morgan fingerprint density at radius 1 is 1.20 bits per heavy atom. The molecule has 7 heteroatoms. The molecule has 0 heterocycles. The van der Waals surface area contributed by atoms with Crippen molar-refractivity contribution in [1.82, 2.24) is 5.32 Å². The molecule has 0 saturated heterocycles. The highest BCUT2D eigenvalue weighted by molar-refractivity contribution is 5.96. The SMILES string of the molecule is COc1ccc(OC)c([C@H](C)NC(=O)c2cccc([N+](=O)[O-])c2C)c1. The number of nitrogens with zero attached hydrogens (tertiary/aromatic N) is 1. The maximum atomic E-state index is 12.6. The first-order chi connectivity index (χ1) is 11.9. The van der Waals surface area contributed by atoms with E-state index in [9.17, 15) is 14.9 Å². The average molecular weight is 344 g/mol. The summed E-state index contributed by atoms with van der Waals surface area (Å²) >= 11 is 0. The number of nitrogens with one attached hydrogen (secondary N) is 1. The number of methoxy groups -OCH3 is 2. The van der Waals surface area contributed by atoms with Gasteiger partial charge < -0.3 is 14.8 Å². The summed E-state index contributed by atoms with van der Waals surface area (Å²) in [5.41, 5.74) is 1.26. The number of carbonyl (C=O) groups excluding carboxylic acids is 1. The number of nitro groups is 1. The maximum Gasteiger partial charge on any atom is 0.273 e. The molecular formula is C18H20N2O5. The Labute approximate surface area is 145 Å². The summed E-state index contributed by atoms with van der Waals surface area (Å²) in [6.07, 6.45) is 0. The van der Waals surface area contributed by atoms with Crippen molar-refractivity contribution in [3.63, 3.8) is 0 Å². The van der Waals surface area contributed by atoms with Gasteiger partial charge in [-0.2, -0.15) is 0 Å². The Morgan fingerprint density at radius 2 is 1.92 bits per heavy atom. The zero-order valence-corrected chi connectivity index (χ0v) is 14.5. The highest BCUT2D eigenvalue weighted by atomic mass is 16.6. The molecule has 25 heavy (non-hydrogen) atoms. The molecule has 0 aromatic heterocycles. The Hall–Kier alpha value is -3.09. The van der Waals surface area contributed by atoms with Crippen LogP contribution in [0.2, 0.25) is 0 Å². The van der Waals surface area contributed by atoms with E-state index in [1.165, 1.54) is 12.1 Å². The molecule has 0 aliphatic rings. The van der Waals surface area contributed by atoms with Gasteiger partial charge in [0.15, 0.2) is 0 Å². The molecule has 2 rings (SSSR count). The van der Waals surface area contributed by atoms with Gasteiger partial charge >= 0.3 is 0 Å². The van der Waals surface area contributed by atoms with Gasteiger partial charge in [-0.05, 0) is 38.1 Å². The number of nitro benzene ring substituents is 1. The van der Waals surface area contributed by atoms with Crippen LogP contribution in [0, 0.1) is 17.0 Å². The van der Waals surface area contributed by atoms with E-state index in [1.807, 2.05) is 6.92 Å². The summed E-state index contributed by atoms with van der Waals surface area (Å²) < 4.78 is 10.5. The number of rotatable bonds is 6. The van der Waals surface area contributed by atoms with E-state index in [0.717, 1.165) is 5.56 Å². The van der Waals surface area contributed by atoms with Crippen molar-refractivity contribution in [3.05, 3.63) is 63.2 Å². The van der Waals surface area contributed by atoms with Crippen molar-refractivity contribution in [1.29, 1.82) is 0 Å². The first kappa shape index (κ1) is 18.3. The van der Waals surface area contributed by atoms with E-state index in [2.05, 4.69) is 5.32 Å². The molecular weight excluding hydrogens is 324 g/mol. The van der Waals surface area contributed by atoms with Crippen molar-refractivity contribution < 1.29 is 19.2 Å². The number of hydrogen-bond acceptors (Lipinski definition) is 5. The fraction of sp³-hybridized carbons (Fsp3) is 0.278. The standard InChI is InChI=1S/C18H20N2O5/c1-11-14(6-5-7-16(11)20(22)23)18(21)19-12(2)15-10-13(24-3)8-9-17(15)25-4/h5-10,12H,1-4H3,(H,19,21)/t12-/m0/s1. The molecule has 2 aromatic rings. The van der Waals surface area contributed by atoms with Gasteiger partial charge in [0.2, 0.25) is 0 Å². The molecule has 2 aromatic carbocycles. The Balaban J connectivity index is 2.30. The lowest BCUT2D eigenvalue weighted by atomic mass is 10.0. The van der Waals surface area contributed by atoms with Crippen LogP contribution in [0.4, 0.5) is 5.69 Å². The van der Waals surface area contributed by atoms with Gasteiger partial charge in [0.05, 0.1) is 25.2 Å². The van der Waals surface area contributed by atoms with Crippen LogP contribution in [0.3, 0.4) is 0 Å². The summed E-state index contributed by atoms with van der Waals surface area (Å²) in [5, 5.41) is 13.9. The van der Waals surface area contributed by atoms with Crippen LogP contribution in [0.5, 0.6) is 11.5 Å². The van der Waals surface area contributed by atoms with Gasteiger partial charge in [0.25, 0.3) is 11.6 Å². The highest BCUT2D eigenvalue weighted by Gasteiger charge is 2.21. The predicted octanol–water partition coefficient (Wildman–Crippen LogP) is 3.41. The molecule has 0 radical (unpaired) electrons. The van der Waals surface area contributed by atoms with E-state index in [4.69, 9.17) is 9.47 Å². The molecule has 0 unspecified atom stereocenters. The molecule has 7 nitrogen and oxygen atoms in total. The molecule has 0 bridgehead atoms. The minimum absolute atomic E-state index is 0.0840. The summed E-state index contributed by atoms with van der Waals surface area (Å²) in [4.78, 5) is 23.1. The summed E-state index contributed by atoms with van der Waals surface area (Å²) in [5.74, 6) is 0.867. The van der Waals surface area contributed by atoms with Gasteiger partial charge in [-0.25, -0.2) is 0 Å². The van der Waals surface area contributed by atoms with E-state index < -0.39 is 10.8 Å². The Kier molecular flexibility index (Phi) is 5.59. The number of hydrogen-bond donors (Lipinski definition) is 1. The fourth-order valence-electron chi connectivity index (χ4n) is 2.60. The zero-order chi connectivity index (χ0) is 18.6. The van der Waals surface area contributed by atoms with Crippen molar-refractivity contribution >= 4 is 11.6 Å². The summed E-state index contributed by atoms with van der Waals surface area (Å²) in [6.45, 7) is 3.37. The van der Waals surface area contributed by atoms with Crippen LogP contribution >= 0.6 is 0 Å². The second-order valence-corrected chi connectivity index (χ2v) is 5.51. The third kappa shape index (κ3) is 3.88. The van der Waals surface area contributed by atoms with E-state index in [0.29, 0.717) is 17.1 Å². The topological polar surface area (TPSA) is 90.7 Å². The van der Waals surface area contributed by atoms with Crippen LogP contribution < -0.4 is 14.8 Å². The number of ether oxygens (including phenoxy) is 2. The van der Waals surface area contributed by atoms with E-state index in [-0.39, 0.29) is 17.3 Å². The maximum absolute atomic E-state index is 12.6.